The normalized spacial score (nSPS) is 12.7. The molecule has 0 aliphatic heterocycles. The monoisotopic (exact) mass is 266 g/mol. The van der Waals surface area contributed by atoms with E-state index in [1.807, 2.05) is 29.9 Å². The molecule has 78 valence electrons. The Balaban J connectivity index is 2.32. The first-order chi connectivity index (χ1) is 7.18. The van der Waals surface area contributed by atoms with Gasteiger partial charge >= 0.3 is 0 Å². The molecule has 0 amide bonds. The quantitative estimate of drug-likeness (QED) is 0.899. The summed E-state index contributed by atoms with van der Waals surface area (Å²) in [6.07, 6.45) is 5.33. The molecule has 4 nitrogen and oxygen atoms in total. The number of halogens is 1. The molecule has 0 spiro atoms. The van der Waals surface area contributed by atoms with Gasteiger partial charge in [-0.1, -0.05) is 0 Å². The molecule has 0 bridgehead atoms. The van der Waals surface area contributed by atoms with Crippen LogP contribution in [-0.4, -0.2) is 14.5 Å². The highest BCUT2D eigenvalue weighted by atomic mass is 79.9. The standard InChI is InChI=1S/C10H11BrN4/c1-15-5-4-13-10(15)9(12)8-3-2-7(11)6-14-8/h2-6,9H,12H2,1H3. The summed E-state index contributed by atoms with van der Waals surface area (Å²) in [4.78, 5) is 8.45. The van der Waals surface area contributed by atoms with Gasteiger partial charge in [-0.3, -0.25) is 4.98 Å². The van der Waals surface area contributed by atoms with Crippen LogP contribution >= 0.6 is 15.9 Å². The van der Waals surface area contributed by atoms with Gasteiger partial charge in [-0.15, -0.1) is 0 Å². The first-order valence-electron chi connectivity index (χ1n) is 4.52. The third-order valence-electron chi connectivity index (χ3n) is 2.21. The molecule has 2 N–H and O–H groups in total. The minimum absolute atomic E-state index is 0.280. The van der Waals surface area contributed by atoms with Gasteiger partial charge in [0.15, 0.2) is 0 Å². The Morgan fingerprint density at radius 3 is 2.73 bits per heavy atom. The van der Waals surface area contributed by atoms with Gasteiger partial charge < -0.3 is 10.3 Å². The topological polar surface area (TPSA) is 56.7 Å². The van der Waals surface area contributed by atoms with Crippen molar-refractivity contribution in [1.82, 2.24) is 14.5 Å². The number of aryl methyl sites for hydroxylation is 1. The van der Waals surface area contributed by atoms with Gasteiger partial charge in [0.2, 0.25) is 0 Å². The Bertz CT molecular complexity index is 449. The number of imidazole rings is 1. The molecule has 0 aliphatic rings. The van der Waals surface area contributed by atoms with E-state index in [2.05, 4.69) is 25.9 Å². The molecule has 0 saturated heterocycles. The Morgan fingerprint density at radius 2 is 2.20 bits per heavy atom. The highest BCUT2D eigenvalue weighted by molar-refractivity contribution is 9.10. The summed E-state index contributed by atoms with van der Waals surface area (Å²) in [5.74, 6) is 0.810. The molecule has 0 radical (unpaired) electrons. The van der Waals surface area contributed by atoms with E-state index < -0.39 is 0 Å². The molecule has 15 heavy (non-hydrogen) atoms. The van der Waals surface area contributed by atoms with Gasteiger partial charge in [-0.25, -0.2) is 4.98 Å². The molecule has 5 heteroatoms. The molecule has 2 aromatic rings. The summed E-state index contributed by atoms with van der Waals surface area (Å²) < 4.78 is 2.84. The first kappa shape index (κ1) is 10.3. The molecule has 1 unspecified atom stereocenters. The fraction of sp³-hybridized carbons (Fsp3) is 0.200. The Labute approximate surface area is 96.3 Å². The highest BCUT2D eigenvalue weighted by Gasteiger charge is 2.13. The fourth-order valence-corrected chi connectivity index (χ4v) is 1.61. The van der Waals surface area contributed by atoms with E-state index in [1.165, 1.54) is 0 Å². The van der Waals surface area contributed by atoms with E-state index in [1.54, 1.807) is 12.4 Å². The van der Waals surface area contributed by atoms with Crippen molar-refractivity contribution in [2.24, 2.45) is 12.8 Å². The van der Waals surface area contributed by atoms with Crippen LogP contribution in [0.5, 0.6) is 0 Å². The SMILES string of the molecule is Cn1ccnc1C(N)c1ccc(Br)cn1. The molecule has 0 fully saturated rings. The predicted molar refractivity (Wildman–Crippen MR) is 61.2 cm³/mol. The second kappa shape index (κ2) is 4.12. The van der Waals surface area contributed by atoms with Gasteiger partial charge in [0.25, 0.3) is 0 Å². The van der Waals surface area contributed by atoms with E-state index in [9.17, 15) is 0 Å². The third kappa shape index (κ3) is 2.08. The molecule has 1 atom stereocenters. The Hall–Kier alpha value is -1.20. The van der Waals surface area contributed by atoms with Crippen molar-refractivity contribution in [2.75, 3.05) is 0 Å². The van der Waals surface area contributed by atoms with Gasteiger partial charge in [-0.2, -0.15) is 0 Å². The summed E-state index contributed by atoms with van der Waals surface area (Å²) in [6, 6.07) is 3.53. The zero-order valence-corrected chi connectivity index (χ0v) is 9.85. The van der Waals surface area contributed by atoms with Crippen molar-refractivity contribution in [3.05, 3.63) is 46.7 Å². The van der Waals surface area contributed by atoms with Gasteiger partial charge in [0.05, 0.1) is 5.69 Å². The first-order valence-corrected chi connectivity index (χ1v) is 5.32. The maximum absolute atomic E-state index is 6.05. The number of nitrogens with two attached hydrogens (primary N) is 1. The Kier molecular flexibility index (Phi) is 2.83. The molecular formula is C10H11BrN4. The number of hydrogen-bond donors (Lipinski definition) is 1. The molecule has 2 heterocycles. The maximum atomic E-state index is 6.05. The number of hydrogen-bond acceptors (Lipinski definition) is 3. The van der Waals surface area contributed by atoms with E-state index in [-0.39, 0.29) is 6.04 Å². The van der Waals surface area contributed by atoms with Crippen LogP contribution in [0, 0.1) is 0 Å². The number of nitrogens with zero attached hydrogens (tertiary/aromatic N) is 3. The molecule has 0 saturated carbocycles. The summed E-state index contributed by atoms with van der Waals surface area (Å²) in [7, 11) is 1.92. The van der Waals surface area contributed by atoms with Gasteiger partial charge in [0, 0.05) is 30.1 Å². The highest BCUT2D eigenvalue weighted by Crippen LogP contribution is 2.17. The number of rotatable bonds is 2. The lowest BCUT2D eigenvalue weighted by molar-refractivity contribution is 0.700. The number of pyridine rings is 1. The molecule has 0 aliphatic carbocycles. The van der Waals surface area contributed by atoms with Crippen LogP contribution in [-0.2, 0) is 7.05 Å². The molecular weight excluding hydrogens is 256 g/mol. The van der Waals surface area contributed by atoms with Crippen LogP contribution < -0.4 is 5.73 Å². The third-order valence-corrected chi connectivity index (χ3v) is 2.67. The fourth-order valence-electron chi connectivity index (χ4n) is 1.38. The van der Waals surface area contributed by atoms with Crippen molar-refractivity contribution >= 4 is 15.9 Å². The van der Waals surface area contributed by atoms with Crippen LogP contribution in [0.4, 0.5) is 0 Å². The summed E-state index contributed by atoms with van der Waals surface area (Å²) >= 11 is 3.33. The second-order valence-electron chi connectivity index (χ2n) is 3.28. The van der Waals surface area contributed by atoms with Crippen molar-refractivity contribution < 1.29 is 0 Å². The summed E-state index contributed by atoms with van der Waals surface area (Å²) in [5, 5.41) is 0. The average molecular weight is 267 g/mol. The lowest BCUT2D eigenvalue weighted by Gasteiger charge is -2.10. The number of aromatic nitrogens is 3. The van der Waals surface area contributed by atoms with E-state index in [4.69, 9.17) is 5.73 Å². The van der Waals surface area contributed by atoms with Crippen LogP contribution in [0.3, 0.4) is 0 Å². The minimum Gasteiger partial charge on any atom is -0.336 e. The zero-order valence-electron chi connectivity index (χ0n) is 8.26. The van der Waals surface area contributed by atoms with Crippen molar-refractivity contribution in [3.8, 4) is 0 Å². The maximum Gasteiger partial charge on any atom is 0.131 e. The van der Waals surface area contributed by atoms with Crippen LogP contribution in [0.1, 0.15) is 17.6 Å². The van der Waals surface area contributed by atoms with E-state index in [0.717, 1.165) is 16.0 Å². The Morgan fingerprint density at radius 1 is 1.40 bits per heavy atom. The van der Waals surface area contributed by atoms with Gasteiger partial charge in [-0.05, 0) is 28.1 Å². The smallest absolute Gasteiger partial charge is 0.131 e. The van der Waals surface area contributed by atoms with Gasteiger partial charge in [0.1, 0.15) is 11.9 Å². The average Bonchev–Trinajstić information content (AvgIpc) is 2.65. The minimum atomic E-state index is -0.280. The van der Waals surface area contributed by atoms with Crippen LogP contribution in [0.25, 0.3) is 0 Å². The lowest BCUT2D eigenvalue weighted by Crippen LogP contribution is -2.17. The van der Waals surface area contributed by atoms with E-state index >= 15 is 0 Å². The predicted octanol–water partition coefficient (Wildman–Crippen LogP) is 1.63. The lowest BCUT2D eigenvalue weighted by atomic mass is 10.2. The van der Waals surface area contributed by atoms with Crippen molar-refractivity contribution in [3.63, 3.8) is 0 Å². The van der Waals surface area contributed by atoms with Crippen molar-refractivity contribution in [2.45, 2.75) is 6.04 Å². The largest absolute Gasteiger partial charge is 0.336 e. The molecule has 0 aromatic carbocycles. The van der Waals surface area contributed by atoms with Crippen LogP contribution in [0.15, 0.2) is 35.2 Å². The van der Waals surface area contributed by atoms with Crippen molar-refractivity contribution in [1.29, 1.82) is 0 Å². The summed E-state index contributed by atoms with van der Waals surface area (Å²) in [5.41, 5.74) is 6.86. The molecule has 2 aromatic heterocycles. The zero-order chi connectivity index (χ0) is 10.8. The van der Waals surface area contributed by atoms with Crippen LogP contribution in [0.2, 0.25) is 0 Å². The van der Waals surface area contributed by atoms with E-state index in [0.29, 0.717) is 0 Å². The second-order valence-corrected chi connectivity index (χ2v) is 4.19. The molecule has 2 rings (SSSR count). The summed E-state index contributed by atoms with van der Waals surface area (Å²) in [6.45, 7) is 0.